The van der Waals surface area contributed by atoms with Crippen LogP contribution in [0.1, 0.15) is 38.2 Å². The van der Waals surface area contributed by atoms with Crippen LogP contribution in [0.5, 0.6) is 0 Å². The highest BCUT2D eigenvalue weighted by molar-refractivity contribution is 5.14. The quantitative estimate of drug-likeness (QED) is 0.724. The molecule has 1 unspecified atom stereocenters. The highest BCUT2D eigenvalue weighted by Gasteiger charge is 2.19. The minimum Gasteiger partial charge on any atom is -0.389 e. The second kappa shape index (κ2) is 9.19. The van der Waals surface area contributed by atoms with E-state index in [1.165, 1.54) is 18.4 Å². The van der Waals surface area contributed by atoms with Crippen LogP contribution in [0.15, 0.2) is 30.3 Å². The van der Waals surface area contributed by atoms with Crippen LogP contribution >= 0.6 is 0 Å². The summed E-state index contributed by atoms with van der Waals surface area (Å²) in [7, 11) is 0. The predicted molar refractivity (Wildman–Crippen MR) is 86.4 cm³/mol. The smallest absolute Gasteiger partial charge is 0.0897 e. The number of rotatable bonds is 8. The van der Waals surface area contributed by atoms with Gasteiger partial charge >= 0.3 is 0 Å². The maximum absolute atomic E-state index is 9.94. The fourth-order valence-corrected chi connectivity index (χ4v) is 2.85. The fourth-order valence-electron chi connectivity index (χ4n) is 2.85. The van der Waals surface area contributed by atoms with E-state index in [0.29, 0.717) is 19.3 Å². The van der Waals surface area contributed by atoms with E-state index in [-0.39, 0.29) is 0 Å². The fraction of sp³-hybridized carbons (Fsp3) is 0.667. The van der Waals surface area contributed by atoms with Gasteiger partial charge in [-0.25, -0.2) is 0 Å². The zero-order valence-electron chi connectivity index (χ0n) is 13.1. The van der Waals surface area contributed by atoms with Crippen molar-refractivity contribution in [2.75, 3.05) is 19.7 Å². The van der Waals surface area contributed by atoms with Crippen LogP contribution in [0.4, 0.5) is 0 Å². The predicted octanol–water partition coefficient (Wildman–Crippen LogP) is 2.77. The van der Waals surface area contributed by atoms with Gasteiger partial charge in [-0.1, -0.05) is 37.3 Å². The Bertz CT molecular complexity index is 374. The molecule has 0 radical (unpaired) electrons. The number of aliphatic hydroxyl groups excluding tert-OH is 1. The third kappa shape index (κ3) is 6.60. The molecule has 0 aliphatic heterocycles. The van der Waals surface area contributed by atoms with Crippen LogP contribution < -0.4 is 5.32 Å². The zero-order valence-corrected chi connectivity index (χ0v) is 13.1. The van der Waals surface area contributed by atoms with E-state index in [1.54, 1.807) is 0 Å². The Morgan fingerprint density at radius 1 is 1.19 bits per heavy atom. The third-order valence-electron chi connectivity index (χ3n) is 4.30. The van der Waals surface area contributed by atoms with Crippen molar-refractivity contribution in [2.24, 2.45) is 5.92 Å². The van der Waals surface area contributed by atoms with Gasteiger partial charge in [0.25, 0.3) is 0 Å². The third-order valence-corrected chi connectivity index (χ3v) is 4.30. The second-order valence-electron chi connectivity index (χ2n) is 6.31. The van der Waals surface area contributed by atoms with E-state index in [9.17, 15) is 5.11 Å². The monoisotopic (exact) mass is 291 g/mol. The summed E-state index contributed by atoms with van der Waals surface area (Å²) in [4.78, 5) is 0. The molecular formula is C18H29NO2. The largest absolute Gasteiger partial charge is 0.389 e. The van der Waals surface area contributed by atoms with E-state index >= 15 is 0 Å². The molecule has 1 atom stereocenters. The van der Waals surface area contributed by atoms with Crippen molar-refractivity contribution in [1.82, 2.24) is 5.32 Å². The SMILES string of the molecule is CC1CCC(OCC(O)CNCCc2ccccc2)CC1. The van der Waals surface area contributed by atoms with E-state index in [0.717, 1.165) is 31.7 Å². The molecule has 2 N–H and O–H groups in total. The van der Waals surface area contributed by atoms with Gasteiger partial charge in [0.2, 0.25) is 0 Å². The van der Waals surface area contributed by atoms with Gasteiger partial charge in [0.05, 0.1) is 18.8 Å². The first-order valence-corrected chi connectivity index (χ1v) is 8.28. The Labute approximate surface area is 128 Å². The molecule has 0 amide bonds. The minimum absolute atomic E-state index is 0.361. The first-order valence-electron chi connectivity index (χ1n) is 8.28. The molecule has 1 aromatic rings. The topological polar surface area (TPSA) is 41.5 Å². The number of nitrogens with one attached hydrogen (secondary N) is 1. The molecule has 3 heteroatoms. The molecule has 21 heavy (non-hydrogen) atoms. The van der Waals surface area contributed by atoms with Crippen molar-refractivity contribution in [3.63, 3.8) is 0 Å². The van der Waals surface area contributed by atoms with E-state index in [4.69, 9.17) is 4.74 Å². The summed E-state index contributed by atoms with van der Waals surface area (Å²) in [5.41, 5.74) is 1.33. The molecule has 118 valence electrons. The molecule has 0 spiro atoms. The Morgan fingerprint density at radius 3 is 2.62 bits per heavy atom. The Kier molecular flexibility index (Phi) is 7.20. The molecule has 1 aliphatic rings. The maximum Gasteiger partial charge on any atom is 0.0897 e. The van der Waals surface area contributed by atoms with Gasteiger partial charge in [0, 0.05) is 6.54 Å². The summed E-state index contributed by atoms with van der Waals surface area (Å²) in [5.74, 6) is 0.842. The molecule has 1 fully saturated rings. The maximum atomic E-state index is 9.94. The first-order chi connectivity index (χ1) is 10.2. The van der Waals surface area contributed by atoms with E-state index in [2.05, 4.69) is 36.5 Å². The summed E-state index contributed by atoms with van der Waals surface area (Å²) >= 11 is 0. The normalized spacial score (nSPS) is 23.9. The van der Waals surface area contributed by atoms with Crippen LogP contribution in [0.2, 0.25) is 0 Å². The van der Waals surface area contributed by atoms with Crippen LogP contribution in [0.25, 0.3) is 0 Å². The Morgan fingerprint density at radius 2 is 1.90 bits per heavy atom. The Hall–Kier alpha value is -0.900. The summed E-state index contributed by atoms with van der Waals surface area (Å²) in [6.07, 6.45) is 5.77. The lowest BCUT2D eigenvalue weighted by molar-refractivity contribution is -0.0277. The molecule has 0 aromatic heterocycles. The molecule has 1 aromatic carbocycles. The van der Waals surface area contributed by atoms with Gasteiger partial charge < -0.3 is 15.2 Å². The van der Waals surface area contributed by atoms with Crippen molar-refractivity contribution in [3.8, 4) is 0 Å². The molecular weight excluding hydrogens is 262 g/mol. The number of hydrogen-bond acceptors (Lipinski definition) is 3. The van der Waals surface area contributed by atoms with Gasteiger partial charge in [-0.2, -0.15) is 0 Å². The first kappa shape index (κ1) is 16.5. The lowest BCUT2D eigenvalue weighted by Gasteiger charge is -2.27. The molecule has 1 saturated carbocycles. The van der Waals surface area contributed by atoms with Crippen molar-refractivity contribution in [2.45, 2.75) is 51.2 Å². The second-order valence-corrected chi connectivity index (χ2v) is 6.31. The highest BCUT2D eigenvalue weighted by Crippen LogP contribution is 2.25. The van der Waals surface area contributed by atoms with Crippen LogP contribution in [0.3, 0.4) is 0 Å². The number of ether oxygens (including phenoxy) is 1. The molecule has 0 heterocycles. The van der Waals surface area contributed by atoms with Gasteiger partial charge in [-0.3, -0.25) is 0 Å². The van der Waals surface area contributed by atoms with E-state index in [1.807, 2.05) is 6.07 Å². The lowest BCUT2D eigenvalue weighted by Crippen LogP contribution is -2.33. The zero-order chi connectivity index (χ0) is 14.9. The van der Waals surface area contributed by atoms with E-state index < -0.39 is 6.10 Å². The van der Waals surface area contributed by atoms with Crippen molar-refractivity contribution in [1.29, 1.82) is 0 Å². The number of hydrogen-bond donors (Lipinski definition) is 2. The van der Waals surface area contributed by atoms with Crippen molar-refractivity contribution in [3.05, 3.63) is 35.9 Å². The van der Waals surface area contributed by atoms with Crippen LogP contribution in [-0.2, 0) is 11.2 Å². The average Bonchev–Trinajstić information content (AvgIpc) is 2.52. The van der Waals surface area contributed by atoms with Crippen molar-refractivity contribution < 1.29 is 9.84 Å². The lowest BCUT2D eigenvalue weighted by atomic mass is 9.89. The van der Waals surface area contributed by atoms with Gasteiger partial charge in [-0.05, 0) is 50.1 Å². The van der Waals surface area contributed by atoms with Gasteiger partial charge in [-0.15, -0.1) is 0 Å². The molecule has 2 rings (SSSR count). The van der Waals surface area contributed by atoms with Crippen LogP contribution in [-0.4, -0.2) is 37.0 Å². The number of benzene rings is 1. The molecule has 1 aliphatic carbocycles. The van der Waals surface area contributed by atoms with Crippen LogP contribution in [0, 0.1) is 5.92 Å². The average molecular weight is 291 g/mol. The standard InChI is InChI=1S/C18H29NO2/c1-15-7-9-18(10-8-15)21-14-17(20)13-19-12-11-16-5-3-2-4-6-16/h2-6,15,17-20H,7-14H2,1H3. The highest BCUT2D eigenvalue weighted by atomic mass is 16.5. The summed E-state index contributed by atoms with van der Waals surface area (Å²) in [6, 6.07) is 10.4. The van der Waals surface area contributed by atoms with Gasteiger partial charge in [0.1, 0.15) is 0 Å². The summed E-state index contributed by atoms with van der Waals surface area (Å²) in [5, 5.41) is 13.2. The molecule has 0 saturated heterocycles. The summed E-state index contributed by atoms with van der Waals surface area (Å²) < 4.78 is 5.82. The molecule has 3 nitrogen and oxygen atoms in total. The van der Waals surface area contributed by atoms with Crippen molar-refractivity contribution >= 4 is 0 Å². The molecule has 0 bridgehead atoms. The number of aliphatic hydroxyl groups is 1. The summed E-state index contributed by atoms with van der Waals surface area (Å²) in [6.45, 7) is 4.26. The minimum atomic E-state index is -0.403. The van der Waals surface area contributed by atoms with Gasteiger partial charge in [0.15, 0.2) is 0 Å². The Balaban J connectivity index is 1.50.